The number of alkyl halides is 1. The van der Waals surface area contributed by atoms with E-state index in [-0.39, 0.29) is 12.3 Å². The first kappa shape index (κ1) is 23.8. The van der Waals surface area contributed by atoms with Crippen molar-refractivity contribution in [3.05, 3.63) is 64.0 Å². The zero-order valence-corrected chi connectivity index (χ0v) is 18.5. The van der Waals surface area contributed by atoms with Gasteiger partial charge in [-0.1, -0.05) is 13.8 Å². The number of aryl methyl sites for hydroxylation is 2. The Morgan fingerprint density at radius 2 is 2.12 bits per heavy atom. The highest BCUT2D eigenvalue weighted by Gasteiger charge is 2.41. The average molecular weight is 443 g/mol. The predicted octanol–water partition coefficient (Wildman–Crippen LogP) is 4.02. The quantitative estimate of drug-likeness (QED) is 0.628. The highest BCUT2D eigenvalue weighted by Crippen LogP contribution is 2.37. The van der Waals surface area contributed by atoms with Gasteiger partial charge in [-0.25, -0.2) is 8.78 Å². The van der Waals surface area contributed by atoms with Crippen LogP contribution >= 0.6 is 0 Å². The fourth-order valence-electron chi connectivity index (χ4n) is 4.42. The van der Waals surface area contributed by atoms with Crippen LogP contribution in [0, 0.1) is 24.1 Å². The van der Waals surface area contributed by atoms with Crippen LogP contribution in [0.1, 0.15) is 59.3 Å². The van der Waals surface area contributed by atoms with Crippen LogP contribution in [0.15, 0.2) is 30.3 Å². The maximum Gasteiger partial charge on any atom is 0.256 e. The van der Waals surface area contributed by atoms with Crippen molar-refractivity contribution in [2.45, 2.75) is 58.0 Å². The molecule has 6 nitrogen and oxygen atoms in total. The molecule has 0 spiro atoms. The molecule has 170 valence electrons. The van der Waals surface area contributed by atoms with Gasteiger partial charge < -0.3 is 10.1 Å². The number of nitrogens with zero attached hydrogens (tertiary/aromatic N) is 1. The van der Waals surface area contributed by atoms with E-state index in [2.05, 4.69) is 16.7 Å². The third-order valence-electron chi connectivity index (χ3n) is 6.00. The number of anilines is 1. The van der Waals surface area contributed by atoms with Crippen LogP contribution in [-0.4, -0.2) is 25.0 Å². The van der Waals surface area contributed by atoms with Gasteiger partial charge >= 0.3 is 0 Å². The second kappa shape index (κ2) is 9.74. The summed E-state index contributed by atoms with van der Waals surface area (Å²) in [5, 5.41) is 15.1. The first-order chi connectivity index (χ1) is 15.3. The molecule has 0 aliphatic carbocycles. The summed E-state index contributed by atoms with van der Waals surface area (Å²) >= 11 is 0. The van der Waals surface area contributed by atoms with Gasteiger partial charge in [0.25, 0.3) is 5.91 Å². The third-order valence-corrected chi connectivity index (χ3v) is 6.00. The first-order valence-corrected chi connectivity index (χ1v) is 10.7. The smallest absolute Gasteiger partial charge is 0.256 e. The molecule has 1 heterocycles. The highest BCUT2D eigenvalue weighted by molar-refractivity contribution is 6.06. The first-order valence-electron chi connectivity index (χ1n) is 10.7. The van der Waals surface area contributed by atoms with Crippen molar-refractivity contribution in [1.82, 2.24) is 5.32 Å². The zero-order chi connectivity index (χ0) is 23.5. The van der Waals surface area contributed by atoms with Gasteiger partial charge in [-0.05, 0) is 67.6 Å². The van der Waals surface area contributed by atoms with Crippen LogP contribution in [0.5, 0.6) is 0 Å². The van der Waals surface area contributed by atoms with Crippen molar-refractivity contribution in [2.75, 3.05) is 12.0 Å². The Bertz CT molecular complexity index is 1050. The number of rotatable bonds is 6. The Morgan fingerprint density at radius 3 is 2.75 bits per heavy atom. The SMILES string of the molecule is CCc1cc(C#N)cc(C)c1C(=O)Nc1ccc(F)c(C2(CC)CC(CF)OC(N)N2)c1. The van der Waals surface area contributed by atoms with Gasteiger partial charge in [0.1, 0.15) is 12.5 Å². The highest BCUT2D eigenvalue weighted by atomic mass is 19.1. The molecular weight excluding hydrogens is 414 g/mol. The molecule has 1 fully saturated rings. The van der Waals surface area contributed by atoms with E-state index in [1.807, 2.05) is 13.8 Å². The summed E-state index contributed by atoms with van der Waals surface area (Å²) in [5.74, 6) is -0.821. The maximum absolute atomic E-state index is 14.9. The van der Waals surface area contributed by atoms with Gasteiger partial charge in [0.05, 0.1) is 23.3 Å². The molecular formula is C24H28F2N4O2. The van der Waals surface area contributed by atoms with Crippen molar-refractivity contribution in [3.63, 3.8) is 0 Å². The van der Waals surface area contributed by atoms with E-state index in [1.54, 1.807) is 25.1 Å². The Hall–Kier alpha value is -2.86. The predicted molar refractivity (Wildman–Crippen MR) is 118 cm³/mol. The van der Waals surface area contributed by atoms with Gasteiger partial charge in [0.2, 0.25) is 0 Å². The number of benzene rings is 2. The summed E-state index contributed by atoms with van der Waals surface area (Å²) in [4.78, 5) is 13.1. The summed E-state index contributed by atoms with van der Waals surface area (Å²) < 4.78 is 33.6. The molecule has 0 bridgehead atoms. The van der Waals surface area contributed by atoms with Crippen LogP contribution in [-0.2, 0) is 16.7 Å². The van der Waals surface area contributed by atoms with Crippen LogP contribution in [0.4, 0.5) is 14.5 Å². The lowest BCUT2D eigenvalue weighted by Gasteiger charge is -2.44. The number of nitriles is 1. The standard InChI is InChI=1S/C24H28F2N4O2/c1-4-16-9-15(13-27)8-14(3)21(16)22(31)29-17-6-7-20(26)19(10-17)24(5-2)11-18(12-25)32-23(28)30-24/h6-10,18,23,30H,4-5,11-12,28H2,1-3H3,(H,29,31). The molecule has 4 N–H and O–H groups in total. The summed E-state index contributed by atoms with van der Waals surface area (Å²) in [5.41, 5.74) is 8.09. The number of carbonyl (C=O) groups is 1. The number of halogens is 2. The minimum absolute atomic E-state index is 0.205. The molecule has 2 aromatic carbocycles. The molecule has 1 aliphatic heterocycles. The largest absolute Gasteiger partial charge is 0.344 e. The lowest BCUT2D eigenvalue weighted by Crippen LogP contribution is -2.60. The normalized spacial score (nSPS) is 22.9. The molecule has 0 saturated carbocycles. The molecule has 32 heavy (non-hydrogen) atoms. The molecule has 1 saturated heterocycles. The van der Waals surface area contributed by atoms with E-state index in [0.29, 0.717) is 40.8 Å². The Kier molecular flexibility index (Phi) is 7.24. The fraction of sp³-hybridized carbons (Fsp3) is 0.417. The molecule has 3 unspecified atom stereocenters. The summed E-state index contributed by atoms with van der Waals surface area (Å²) in [6.07, 6.45) is -0.452. The lowest BCUT2D eigenvalue weighted by molar-refractivity contribution is -0.110. The second-order valence-corrected chi connectivity index (χ2v) is 8.06. The number of amides is 1. The van der Waals surface area contributed by atoms with E-state index in [0.717, 1.165) is 5.56 Å². The van der Waals surface area contributed by atoms with Gasteiger partial charge in [-0.15, -0.1) is 0 Å². The summed E-state index contributed by atoms with van der Waals surface area (Å²) in [7, 11) is 0. The van der Waals surface area contributed by atoms with E-state index in [1.165, 1.54) is 12.1 Å². The number of hydrogen-bond donors (Lipinski definition) is 3. The molecule has 2 aromatic rings. The van der Waals surface area contributed by atoms with Crippen LogP contribution in [0.3, 0.4) is 0 Å². The van der Waals surface area contributed by atoms with Crippen LogP contribution in [0.25, 0.3) is 0 Å². The zero-order valence-electron chi connectivity index (χ0n) is 18.5. The average Bonchev–Trinajstić information content (AvgIpc) is 2.78. The Balaban J connectivity index is 1.96. The Labute approximate surface area is 186 Å². The molecule has 0 radical (unpaired) electrons. The monoisotopic (exact) mass is 442 g/mol. The number of nitrogens with one attached hydrogen (secondary N) is 2. The van der Waals surface area contributed by atoms with Crippen molar-refractivity contribution in [1.29, 1.82) is 5.26 Å². The van der Waals surface area contributed by atoms with Gasteiger partial charge in [0.15, 0.2) is 6.35 Å². The maximum atomic E-state index is 14.9. The third kappa shape index (κ3) is 4.65. The second-order valence-electron chi connectivity index (χ2n) is 8.06. The molecule has 1 amide bonds. The fourth-order valence-corrected chi connectivity index (χ4v) is 4.42. The molecule has 0 aromatic heterocycles. The molecule has 8 heteroatoms. The Morgan fingerprint density at radius 1 is 1.38 bits per heavy atom. The molecule has 3 atom stereocenters. The van der Waals surface area contributed by atoms with Crippen molar-refractivity contribution >= 4 is 11.6 Å². The van der Waals surface area contributed by atoms with E-state index < -0.39 is 30.5 Å². The molecule has 1 aliphatic rings. The summed E-state index contributed by atoms with van der Waals surface area (Å²) in [6, 6.07) is 9.79. The number of hydrogen-bond acceptors (Lipinski definition) is 5. The van der Waals surface area contributed by atoms with Crippen molar-refractivity contribution in [3.8, 4) is 6.07 Å². The number of nitrogens with two attached hydrogens (primary N) is 1. The summed E-state index contributed by atoms with van der Waals surface area (Å²) in [6.45, 7) is 4.82. The minimum Gasteiger partial charge on any atom is -0.344 e. The van der Waals surface area contributed by atoms with Crippen LogP contribution in [0.2, 0.25) is 0 Å². The van der Waals surface area contributed by atoms with Crippen LogP contribution < -0.4 is 16.4 Å². The van der Waals surface area contributed by atoms with E-state index in [4.69, 9.17) is 10.5 Å². The van der Waals surface area contributed by atoms with Gasteiger partial charge in [-0.2, -0.15) is 5.26 Å². The van der Waals surface area contributed by atoms with E-state index in [9.17, 15) is 18.8 Å². The van der Waals surface area contributed by atoms with Crippen molar-refractivity contribution in [2.24, 2.45) is 5.73 Å². The lowest BCUT2D eigenvalue weighted by atomic mass is 9.80. The number of ether oxygens (including phenoxy) is 1. The topological polar surface area (TPSA) is 100 Å². The minimum atomic E-state index is -0.935. The van der Waals surface area contributed by atoms with Crippen molar-refractivity contribution < 1.29 is 18.3 Å². The number of carbonyl (C=O) groups excluding carboxylic acids is 1. The van der Waals surface area contributed by atoms with Gasteiger partial charge in [-0.3, -0.25) is 15.8 Å². The molecule has 3 rings (SSSR count). The van der Waals surface area contributed by atoms with E-state index >= 15 is 0 Å². The van der Waals surface area contributed by atoms with Gasteiger partial charge in [0, 0.05) is 16.8 Å².